The highest BCUT2D eigenvalue weighted by Gasteiger charge is 2.25. The number of halogens is 2. The van der Waals surface area contributed by atoms with Gasteiger partial charge in [0.05, 0.1) is 17.1 Å². The topological polar surface area (TPSA) is 70.6 Å². The van der Waals surface area contributed by atoms with E-state index >= 15 is 0 Å². The molecule has 1 aromatic carbocycles. The quantitative estimate of drug-likeness (QED) is 0.682. The summed E-state index contributed by atoms with van der Waals surface area (Å²) in [5, 5.41) is 4.51. The van der Waals surface area contributed by atoms with Crippen molar-refractivity contribution in [2.75, 3.05) is 50.1 Å². The molecule has 1 aliphatic rings. The van der Waals surface area contributed by atoms with E-state index < -0.39 is 0 Å². The van der Waals surface area contributed by atoms with Gasteiger partial charge in [0.2, 0.25) is 5.95 Å². The third kappa shape index (κ3) is 4.55. The Labute approximate surface area is 172 Å². The van der Waals surface area contributed by atoms with Gasteiger partial charge in [-0.05, 0) is 34.5 Å². The van der Waals surface area contributed by atoms with Crippen LogP contribution in [0.4, 0.5) is 16.6 Å². The smallest absolute Gasteiger partial charge is 0.409 e. The molecule has 1 saturated heterocycles. The van der Waals surface area contributed by atoms with Gasteiger partial charge < -0.3 is 19.9 Å². The largest absolute Gasteiger partial charge is 0.449 e. The molecule has 1 amide bonds. The van der Waals surface area contributed by atoms with Crippen LogP contribution >= 0.6 is 27.5 Å². The highest BCUT2D eigenvalue weighted by Crippen LogP contribution is 2.33. The second kappa shape index (κ2) is 8.93. The first kappa shape index (κ1) is 19.9. The number of benzene rings is 1. The molecule has 0 saturated carbocycles. The lowest BCUT2D eigenvalue weighted by molar-refractivity contribution is 0.0989. The first-order chi connectivity index (χ1) is 13.0. The van der Waals surface area contributed by atoms with E-state index in [9.17, 15) is 4.79 Å². The Morgan fingerprint density at radius 1 is 1.30 bits per heavy atom. The van der Waals surface area contributed by atoms with E-state index in [1.165, 1.54) is 0 Å². The van der Waals surface area contributed by atoms with Crippen molar-refractivity contribution in [3.05, 3.63) is 21.6 Å². The Bertz CT molecular complexity index is 827. The summed E-state index contributed by atoms with van der Waals surface area (Å²) in [7, 11) is 1.79. The van der Waals surface area contributed by atoms with Crippen molar-refractivity contribution in [1.29, 1.82) is 0 Å². The van der Waals surface area contributed by atoms with Gasteiger partial charge in [-0.15, -0.1) is 0 Å². The molecular weight excluding hydrogens is 434 g/mol. The van der Waals surface area contributed by atoms with Crippen molar-refractivity contribution in [1.82, 2.24) is 14.9 Å². The third-order valence-corrected chi connectivity index (χ3v) is 5.70. The van der Waals surface area contributed by atoms with Crippen LogP contribution in [-0.4, -0.2) is 60.8 Å². The number of rotatable bonds is 5. The lowest BCUT2D eigenvalue weighted by Crippen LogP contribution is -2.49. The highest BCUT2D eigenvalue weighted by atomic mass is 79.9. The molecule has 0 unspecified atom stereocenters. The minimum absolute atomic E-state index is 0.237. The van der Waals surface area contributed by atoms with Crippen LogP contribution in [0.2, 0.25) is 5.02 Å². The average molecular weight is 457 g/mol. The number of fused-ring (bicyclic) bond motifs is 1. The van der Waals surface area contributed by atoms with E-state index in [4.69, 9.17) is 16.3 Å². The van der Waals surface area contributed by atoms with Crippen LogP contribution in [0.15, 0.2) is 16.6 Å². The molecule has 0 atom stereocenters. The Morgan fingerprint density at radius 3 is 2.70 bits per heavy atom. The number of hydrogen-bond acceptors (Lipinski definition) is 6. The van der Waals surface area contributed by atoms with Crippen LogP contribution < -0.4 is 10.2 Å². The zero-order chi connectivity index (χ0) is 19.4. The van der Waals surface area contributed by atoms with Gasteiger partial charge >= 0.3 is 6.09 Å². The van der Waals surface area contributed by atoms with Crippen molar-refractivity contribution in [3.63, 3.8) is 0 Å². The highest BCUT2D eigenvalue weighted by molar-refractivity contribution is 9.10. The molecule has 2 aromatic rings. The molecule has 146 valence electrons. The predicted molar refractivity (Wildman–Crippen MR) is 112 cm³/mol. The molecule has 0 spiro atoms. The predicted octanol–water partition coefficient (Wildman–Crippen LogP) is 4.15. The fraction of sp³-hybridized carbons (Fsp3) is 0.500. The van der Waals surface area contributed by atoms with Gasteiger partial charge in [-0.3, -0.25) is 0 Å². The number of aromatic nitrogens is 2. The minimum atomic E-state index is -0.237. The van der Waals surface area contributed by atoms with Crippen molar-refractivity contribution >= 4 is 56.3 Å². The summed E-state index contributed by atoms with van der Waals surface area (Å²) in [6.07, 6.45) is 1.66. The molecule has 3 rings (SSSR count). The van der Waals surface area contributed by atoms with E-state index in [0.29, 0.717) is 43.8 Å². The van der Waals surface area contributed by atoms with E-state index in [-0.39, 0.29) is 6.09 Å². The van der Waals surface area contributed by atoms with Gasteiger partial charge in [0, 0.05) is 43.1 Å². The van der Waals surface area contributed by atoms with Gasteiger partial charge in [-0.1, -0.05) is 24.9 Å². The third-order valence-electron chi connectivity index (χ3n) is 4.50. The maximum Gasteiger partial charge on any atom is 0.409 e. The number of carbonyl (C=O) groups is 1. The number of anilines is 2. The Morgan fingerprint density at radius 2 is 2.04 bits per heavy atom. The maximum absolute atomic E-state index is 12.1. The monoisotopic (exact) mass is 455 g/mol. The molecule has 27 heavy (non-hydrogen) atoms. The standard InChI is InChI=1S/C18H23BrClN5O2/c1-3-4-9-27-18(26)25-7-5-24(6-8-25)16-12-10-14(20)13(19)11-15(12)22-17(21-2)23-16/h10-11H,3-9H2,1-2H3,(H,21,22,23). The number of unbranched alkanes of at least 4 members (excludes halogenated alkanes) is 1. The van der Waals surface area contributed by atoms with E-state index in [0.717, 1.165) is 34.0 Å². The van der Waals surface area contributed by atoms with E-state index in [1.807, 2.05) is 12.1 Å². The summed E-state index contributed by atoms with van der Waals surface area (Å²) in [6, 6.07) is 3.77. The second-order valence-electron chi connectivity index (χ2n) is 6.35. The number of ether oxygens (including phenoxy) is 1. The lowest BCUT2D eigenvalue weighted by Gasteiger charge is -2.35. The maximum atomic E-state index is 12.1. The fourth-order valence-electron chi connectivity index (χ4n) is 2.96. The zero-order valence-corrected chi connectivity index (χ0v) is 17.8. The summed E-state index contributed by atoms with van der Waals surface area (Å²) < 4.78 is 6.10. The molecule has 2 heterocycles. The molecular formula is C18H23BrClN5O2. The number of piperazine rings is 1. The van der Waals surface area contributed by atoms with E-state index in [1.54, 1.807) is 11.9 Å². The van der Waals surface area contributed by atoms with Gasteiger partial charge in [0.1, 0.15) is 5.82 Å². The second-order valence-corrected chi connectivity index (χ2v) is 7.61. The summed E-state index contributed by atoms with van der Waals surface area (Å²) in [5.41, 5.74) is 0.807. The molecule has 1 aromatic heterocycles. The number of amides is 1. The first-order valence-electron chi connectivity index (χ1n) is 9.04. The molecule has 0 aliphatic carbocycles. The Kier molecular flexibility index (Phi) is 6.59. The molecule has 9 heteroatoms. The van der Waals surface area contributed by atoms with Crippen LogP contribution in [0, 0.1) is 0 Å². The van der Waals surface area contributed by atoms with Crippen molar-refractivity contribution < 1.29 is 9.53 Å². The van der Waals surface area contributed by atoms with Crippen molar-refractivity contribution in [2.24, 2.45) is 0 Å². The average Bonchev–Trinajstić information content (AvgIpc) is 2.68. The van der Waals surface area contributed by atoms with Gasteiger partial charge in [0.15, 0.2) is 0 Å². The Balaban J connectivity index is 1.78. The zero-order valence-electron chi connectivity index (χ0n) is 15.5. The molecule has 1 N–H and O–H groups in total. The van der Waals surface area contributed by atoms with Crippen LogP contribution in [0.1, 0.15) is 19.8 Å². The minimum Gasteiger partial charge on any atom is -0.449 e. The van der Waals surface area contributed by atoms with Gasteiger partial charge in [-0.25, -0.2) is 9.78 Å². The van der Waals surface area contributed by atoms with Crippen LogP contribution in [0.3, 0.4) is 0 Å². The molecule has 0 bridgehead atoms. The van der Waals surface area contributed by atoms with Crippen molar-refractivity contribution in [2.45, 2.75) is 19.8 Å². The van der Waals surface area contributed by atoms with Gasteiger partial charge in [-0.2, -0.15) is 4.98 Å². The summed E-state index contributed by atoms with van der Waals surface area (Å²) in [4.78, 5) is 25.2. The molecule has 0 radical (unpaired) electrons. The normalized spacial score (nSPS) is 14.5. The van der Waals surface area contributed by atoms with Crippen LogP contribution in [0.5, 0.6) is 0 Å². The summed E-state index contributed by atoms with van der Waals surface area (Å²) in [6.45, 7) is 5.08. The number of hydrogen-bond donors (Lipinski definition) is 1. The number of carbonyl (C=O) groups excluding carboxylic acids is 1. The van der Waals surface area contributed by atoms with Gasteiger partial charge in [0.25, 0.3) is 0 Å². The number of nitrogens with one attached hydrogen (secondary N) is 1. The van der Waals surface area contributed by atoms with Crippen molar-refractivity contribution in [3.8, 4) is 0 Å². The van der Waals surface area contributed by atoms with Crippen LogP contribution in [-0.2, 0) is 4.74 Å². The summed E-state index contributed by atoms with van der Waals surface area (Å²) in [5.74, 6) is 1.37. The SMILES string of the molecule is CCCCOC(=O)N1CCN(c2nc(NC)nc3cc(Br)c(Cl)cc23)CC1. The van der Waals surface area contributed by atoms with E-state index in [2.05, 4.69) is 43.0 Å². The molecule has 1 aliphatic heterocycles. The number of nitrogens with zero attached hydrogens (tertiary/aromatic N) is 4. The lowest BCUT2D eigenvalue weighted by atomic mass is 10.2. The van der Waals surface area contributed by atoms with Crippen LogP contribution in [0.25, 0.3) is 10.9 Å². The fourth-order valence-corrected chi connectivity index (χ4v) is 3.45. The first-order valence-corrected chi connectivity index (χ1v) is 10.2. The molecule has 7 nitrogen and oxygen atoms in total. The Hall–Kier alpha value is -1.80. The molecule has 1 fully saturated rings. The summed E-state index contributed by atoms with van der Waals surface area (Å²) >= 11 is 9.74.